The number of morpholine rings is 1. The van der Waals surface area contributed by atoms with Gasteiger partial charge in [-0.2, -0.15) is 4.98 Å². The molecular formula is C20H25FN6O2S. The Morgan fingerprint density at radius 3 is 2.93 bits per heavy atom. The molecule has 0 radical (unpaired) electrons. The maximum absolute atomic E-state index is 13.7. The second-order valence-corrected chi connectivity index (χ2v) is 8.90. The third-order valence-corrected chi connectivity index (χ3v) is 6.83. The molecule has 3 N–H and O–H groups in total. The summed E-state index contributed by atoms with van der Waals surface area (Å²) in [7, 11) is 0. The molecule has 0 spiro atoms. The fourth-order valence-electron chi connectivity index (χ4n) is 4.07. The molecule has 1 unspecified atom stereocenters. The maximum atomic E-state index is 13.7. The quantitative estimate of drug-likeness (QED) is 0.681. The van der Waals surface area contributed by atoms with E-state index in [-0.39, 0.29) is 17.4 Å². The standard InChI is InChI=1S/C20H25FN6O2S/c21-12-3-4-15-14(10-12)24-19(30-15)16-17(23-13-2-1-5-22-11-13)25-20(26-18(16)28)27-6-8-29-9-7-27/h10,13,22H,1-9,11H2,(H2,23,25,26,28). The summed E-state index contributed by atoms with van der Waals surface area (Å²) in [6.07, 6.45) is 4.55. The van der Waals surface area contributed by atoms with E-state index >= 15 is 0 Å². The number of ether oxygens (including phenoxy) is 1. The Morgan fingerprint density at radius 2 is 2.13 bits per heavy atom. The largest absolute Gasteiger partial charge is 0.378 e. The summed E-state index contributed by atoms with van der Waals surface area (Å²) < 4.78 is 19.1. The number of fused-ring (bicyclic) bond motifs is 1. The van der Waals surface area contributed by atoms with Gasteiger partial charge in [0.25, 0.3) is 5.56 Å². The first-order valence-corrected chi connectivity index (χ1v) is 11.3. The second kappa shape index (κ2) is 8.44. The predicted octanol–water partition coefficient (Wildman–Crippen LogP) is 2.15. The molecule has 1 atom stereocenters. The van der Waals surface area contributed by atoms with Crippen molar-refractivity contribution in [3.8, 4) is 10.6 Å². The normalized spacial score (nSPS) is 21.8. The maximum Gasteiger partial charge on any atom is 0.264 e. The number of allylic oxidation sites excluding steroid dienone is 1. The van der Waals surface area contributed by atoms with Gasteiger partial charge in [0.2, 0.25) is 5.95 Å². The van der Waals surface area contributed by atoms with Gasteiger partial charge in [-0.1, -0.05) is 0 Å². The average Bonchev–Trinajstić information content (AvgIpc) is 3.17. The zero-order chi connectivity index (χ0) is 20.5. The first-order chi connectivity index (χ1) is 14.7. The second-order valence-electron chi connectivity index (χ2n) is 7.82. The van der Waals surface area contributed by atoms with E-state index in [2.05, 4.69) is 20.6 Å². The van der Waals surface area contributed by atoms with Crippen LogP contribution in [0, 0.1) is 0 Å². The van der Waals surface area contributed by atoms with Crippen LogP contribution in [0.25, 0.3) is 16.6 Å². The minimum absolute atomic E-state index is 0.166. The number of anilines is 2. The Balaban J connectivity index is 1.55. The van der Waals surface area contributed by atoms with Crippen LogP contribution in [0.1, 0.15) is 29.8 Å². The van der Waals surface area contributed by atoms with Gasteiger partial charge in [-0.05, 0) is 31.9 Å². The number of halogens is 1. The van der Waals surface area contributed by atoms with Crippen LogP contribution in [0.3, 0.4) is 0 Å². The summed E-state index contributed by atoms with van der Waals surface area (Å²) in [6.45, 7) is 4.41. The summed E-state index contributed by atoms with van der Waals surface area (Å²) in [5.74, 6) is 0.927. The van der Waals surface area contributed by atoms with Crippen LogP contribution in [-0.2, 0) is 11.2 Å². The lowest BCUT2D eigenvalue weighted by Gasteiger charge is -2.29. The third-order valence-electron chi connectivity index (χ3n) is 5.68. The molecule has 2 aromatic rings. The van der Waals surface area contributed by atoms with E-state index in [9.17, 15) is 9.18 Å². The summed E-state index contributed by atoms with van der Waals surface area (Å²) in [5.41, 5.74) is 0.833. The summed E-state index contributed by atoms with van der Waals surface area (Å²) in [5, 5.41) is 7.45. The SMILES string of the molecule is O=c1[nH]c(N2CCOCC2)nc(NC2CCCNC2)c1-c1nc2c(s1)CCC(F)=C2. The van der Waals surface area contributed by atoms with Crippen LogP contribution in [0.2, 0.25) is 0 Å². The Labute approximate surface area is 177 Å². The van der Waals surface area contributed by atoms with Crippen molar-refractivity contribution in [3.05, 3.63) is 26.8 Å². The molecule has 1 aliphatic carbocycles. The number of hydrogen-bond donors (Lipinski definition) is 3. The number of nitrogens with zero attached hydrogens (tertiary/aromatic N) is 3. The van der Waals surface area contributed by atoms with Gasteiger partial charge < -0.3 is 20.3 Å². The van der Waals surface area contributed by atoms with Gasteiger partial charge in [0, 0.05) is 37.0 Å². The zero-order valence-electron chi connectivity index (χ0n) is 16.7. The van der Waals surface area contributed by atoms with Gasteiger partial charge in [-0.25, -0.2) is 9.37 Å². The Hall–Kier alpha value is -2.30. The van der Waals surface area contributed by atoms with Crippen LogP contribution in [0.5, 0.6) is 0 Å². The number of rotatable bonds is 4. The van der Waals surface area contributed by atoms with Gasteiger partial charge >= 0.3 is 0 Å². The molecular weight excluding hydrogens is 407 g/mol. The van der Waals surface area contributed by atoms with E-state index in [0.29, 0.717) is 67.2 Å². The molecule has 2 saturated heterocycles. The molecule has 3 aliphatic rings. The number of aryl methyl sites for hydroxylation is 1. The van der Waals surface area contributed by atoms with E-state index in [1.807, 2.05) is 4.90 Å². The lowest BCUT2D eigenvalue weighted by atomic mass is 10.1. The van der Waals surface area contributed by atoms with E-state index in [0.717, 1.165) is 30.8 Å². The Bertz CT molecular complexity index is 1010. The van der Waals surface area contributed by atoms with Crippen LogP contribution >= 0.6 is 11.3 Å². The molecule has 30 heavy (non-hydrogen) atoms. The summed E-state index contributed by atoms with van der Waals surface area (Å²) >= 11 is 1.45. The molecule has 160 valence electrons. The zero-order valence-corrected chi connectivity index (χ0v) is 17.5. The van der Waals surface area contributed by atoms with Crippen molar-refractivity contribution >= 4 is 29.2 Å². The average molecular weight is 433 g/mol. The number of aromatic amines is 1. The molecule has 2 fully saturated rings. The van der Waals surface area contributed by atoms with Crippen LogP contribution in [-0.4, -0.2) is 60.4 Å². The number of piperidine rings is 1. The van der Waals surface area contributed by atoms with E-state index in [1.54, 1.807) is 0 Å². The fourth-order valence-corrected chi connectivity index (χ4v) is 5.16. The molecule has 5 rings (SSSR count). The van der Waals surface area contributed by atoms with Crippen molar-refractivity contribution in [1.82, 2.24) is 20.3 Å². The monoisotopic (exact) mass is 432 g/mol. The summed E-state index contributed by atoms with van der Waals surface area (Å²) in [4.78, 5) is 28.5. The first kappa shape index (κ1) is 19.7. The van der Waals surface area contributed by atoms with E-state index in [4.69, 9.17) is 9.72 Å². The topological polar surface area (TPSA) is 95.2 Å². The van der Waals surface area contributed by atoms with Gasteiger partial charge in [-0.3, -0.25) is 9.78 Å². The number of nitrogens with one attached hydrogen (secondary N) is 3. The highest BCUT2D eigenvalue weighted by molar-refractivity contribution is 7.15. The van der Waals surface area contributed by atoms with Crippen LogP contribution in [0.4, 0.5) is 16.2 Å². The molecule has 8 nitrogen and oxygen atoms in total. The molecule has 2 aromatic heterocycles. The molecule has 2 aliphatic heterocycles. The highest BCUT2D eigenvalue weighted by Crippen LogP contribution is 2.35. The molecule has 0 bridgehead atoms. The minimum atomic E-state index is -0.228. The van der Waals surface area contributed by atoms with Crippen LogP contribution < -0.4 is 21.1 Å². The lowest BCUT2D eigenvalue weighted by Crippen LogP contribution is -2.40. The third kappa shape index (κ3) is 3.99. The van der Waals surface area contributed by atoms with Gasteiger partial charge in [0.1, 0.15) is 22.2 Å². The van der Waals surface area contributed by atoms with Crippen molar-refractivity contribution < 1.29 is 9.13 Å². The number of hydrogen-bond acceptors (Lipinski definition) is 8. The summed E-state index contributed by atoms with van der Waals surface area (Å²) in [6, 6.07) is 0.191. The highest BCUT2D eigenvalue weighted by Gasteiger charge is 2.25. The first-order valence-electron chi connectivity index (χ1n) is 10.5. The predicted molar refractivity (Wildman–Crippen MR) is 116 cm³/mol. The molecule has 0 amide bonds. The van der Waals surface area contributed by atoms with Crippen molar-refractivity contribution in [3.63, 3.8) is 0 Å². The molecule has 0 saturated carbocycles. The van der Waals surface area contributed by atoms with E-state index in [1.165, 1.54) is 17.4 Å². The van der Waals surface area contributed by atoms with Crippen molar-refractivity contribution in [2.24, 2.45) is 0 Å². The van der Waals surface area contributed by atoms with Crippen molar-refractivity contribution in [2.45, 2.75) is 31.7 Å². The Kier molecular flexibility index (Phi) is 5.53. The van der Waals surface area contributed by atoms with Crippen LogP contribution in [0.15, 0.2) is 10.6 Å². The van der Waals surface area contributed by atoms with Gasteiger partial charge in [0.15, 0.2) is 0 Å². The molecule has 10 heteroatoms. The number of H-pyrrole nitrogens is 1. The highest BCUT2D eigenvalue weighted by atomic mass is 32.1. The molecule has 0 aromatic carbocycles. The number of thiazole rings is 1. The van der Waals surface area contributed by atoms with Crippen molar-refractivity contribution in [1.29, 1.82) is 0 Å². The fraction of sp³-hybridized carbons (Fsp3) is 0.550. The van der Waals surface area contributed by atoms with Gasteiger partial charge in [0.05, 0.1) is 18.9 Å². The lowest BCUT2D eigenvalue weighted by molar-refractivity contribution is 0.122. The van der Waals surface area contributed by atoms with E-state index < -0.39 is 0 Å². The Morgan fingerprint density at radius 1 is 1.27 bits per heavy atom. The van der Waals surface area contributed by atoms with Gasteiger partial charge in [-0.15, -0.1) is 11.3 Å². The minimum Gasteiger partial charge on any atom is -0.378 e. The smallest absolute Gasteiger partial charge is 0.264 e. The number of aromatic nitrogens is 3. The molecule has 4 heterocycles. The van der Waals surface area contributed by atoms with Crippen molar-refractivity contribution in [2.75, 3.05) is 49.6 Å².